The molecule has 3 atom stereocenters. The lowest BCUT2D eigenvalue weighted by atomic mass is 9.95. The molecule has 0 fully saturated rings. The molecule has 1 rings (SSSR count). The Kier molecular flexibility index (Phi) is 6.29. The van der Waals surface area contributed by atoms with Gasteiger partial charge in [-0.25, -0.2) is 0 Å². The van der Waals surface area contributed by atoms with Gasteiger partial charge in [0.05, 0.1) is 6.61 Å². The molecule has 4 heteroatoms. The summed E-state index contributed by atoms with van der Waals surface area (Å²) in [6.45, 7) is 4.24. The SMILES string of the molecule is CCC(N)C(c1ccc(Br)cc1)N(C)C(C)CO. The summed E-state index contributed by atoms with van der Waals surface area (Å²) in [5, 5.41) is 9.31. The first-order valence-electron chi connectivity index (χ1n) is 6.35. The lowest BCUT2D eigenvalue weighted by Gasteiger charge is -2.36. The van der Waals surface area contributed by atoms with E-state index in [2.05, 4.69) is 39.9 Å². The summed E-state index contributed by atoms with van der Waals surface area (Å²) in [6, 6.07) is 8.52. The molecule has 0 bridgehead atoms. The molecular formula is C14H23BrN2O. The number of likely N-dealkylation sites (N-methyl/N-ethyl adjacent to an activating group) is 1. The Balaban J connectivity index is 3.01. The van der Waals surface area contributed by atoms with Gasteiger partial charge in [-0.1, -0.05) is 35.0 Å². The van der Waals surface area contributed by atoms with Gasteiger partial charge in [-0.05, 0) is 38.1 Å². The molecule has 0 aliphatic heterocycles. The number of aliphatic hydroxyl groups excluding tert-OH is 1. The van der Waals surface area contributed by atoms with E-state index in [0.29, 0.717) is 0 Å². The number of hydrogen-bond acceptors (Lipinski definition) is 3. The predicted molar refractivity (Wildman–Crippen MR) is 79.5 cm³/mol. The van der Waals surface area contributed by atoms with Crippen molar-refractivity contribution in [2.24, 2.45) is 5.73 Å². The van der Waals surface area contributed by atoms with Crippen molar-refractivity contribution in [2.45, 2.75) is 38.4 Å². The van der Waals surface area contributed by atoms with E-state index < -0.39 is 0 Å². The van der Waals surface area contributed by atoms with Crippen LogP contribution in [-0.4, -0.2) is 35.7 Å². The van der Waals surface area contributed by atoms with E-state index in [1.807, 2.05) is 26.1 Å². The van der Waals surface area contributed by atoms with Crippen LogP contribution in [0.4, 0.5) is 0 Å². The predicted octanol–water partition coefficient (Wildman–Crippen LogP) is 2.54. The summed E-state index contributed by atoms with van der Waals surface area (Å²) >= 11 is 3.44. The second-order valence-electron chi connectivity index (χ2n) is 4.77. The molecule has 0 heterocycles. The highest BCUT2D eigenvalue weighted by atomic mass is 79.9. The van der Waals surface area contributed by atoms with Crippen molar-refractivity contribution < 1.29 is 5.11 Å². The molecule has 18 heavy (non-hydrogen) atoms. The number of benzene rings is 1. The third kappa shape index (κ3) is 3.79. The Morgan fingerprint density at radius 2 is 1.89 bits per heavy atom. The fourth-order valence-electron chi connectivity index (χ4n) is 2.07. The van der Waals surface area contributed by atoms with Crippen LogP contribution in [0, 0.1) is 0 Å². The Morgan fingerprint density at radius 3 is 2.33 bits per heavy atom. The first-order valence-corrected chi connectivity index (χ1v) is 7.14. The van der Waals surface area contributed by atoms with Crippen LogP contribution >= 0.6 is 15.9 Å². The van der Waals surface area contributed by atoms with Crippen LogP contribution in [0.2, 0.25) is 0 Å². The Morgan fingerprint density at radius 1 is 1.33 bits per heavy atom. The Hall–Kier alpha value is -0.420. The van der Waals surface area contributed by atoms with Crippen molar-refractivity contribution in [1.82, 2.24) is 4.90 Å². The number of hydrogen-bond donors (Lipinski definition) is 2. The molecule has 3 N–H and O–H groups in total. The number of nitrogens with zero attached hydrogens (tertiary/aromatic N) is 1. The number of aliphatic hydroxyl groups is 1. The highest BCUT2D eigenvalue weighted by Gasteiger charge is 2.25. The summed E-state index contributed by atoms with van der Waals surface area (Å²) < 4.78 is 1.06. The largest absolute Gasteiger partial charge is 0.395 e. The van der Waals surface area contributed by atoms with Crippen LogP contribution in [0.15, 0.2) is 28.7 Å². The van der Waals surface area contributed by atoms with Crippen LogP contribution in [0.3, 0.4) is 0 Å². The monoisotopic (exact) mass is 314 g/mol. The summed E-state index contributed by atoms with van der Waals surface area (Å²) in [5.41, 5.74) is 7.44. The van der Waals surface area contributed by atoms with Crippen molar-refractivity contribution in [3.8, 4) is 0 Å². The highest BCUT2D eigenvalue weighted by molar-refractivity contribution is 9.10. The molecule has 3 nitrogen and oxygen atoms in total. The van der Waals surface area contributed by atoms with Gasteiger partial charge in [-0.15, -0.1) is 0 Å². The second kappa shape index (κ2) is 7.24. The van der Waals surface area contributed by atoms with Gasteiger partial charge in [0.25, 0.3) is 0 Å². The molecule has 3 unspecified atom stereocenters. The van der Waals surface area contributed by atoms with E-state index >= 15 is 0 Å². The van der Waals surface area contributed by atoms with Crippen LogP contribution in [-0.2, 0) is 0 Å². The molecule has 0 saturated heterocycles. The van der Waals surface area contributed by atoms with Gasteiger partial charge in [0.2, 0.25) is 0 Å². The maximum Gasteiger partial charge on any atom is 0.0584 e. The van der Waals surface area contributed by atoms with E-state index in [-0.39, 0.29) is 24.7 Å². The van der Waals surface area contributed by atoms with Crippen molar-refractivity contribution in [3.05, 3.63) is 34.3 Å². The van der Waals surface area contributed by atoms with Crippen molar-refractivity contribution in [1.29, 1.82) is 0 Å². The Bertz CT molecular complexity index is 355. The van der Waals surface area contributed by atoms with Crippen molar-refractivity contribution in [2.75, 3.05) is 13.7 Å². The fraction of sp³-hybridized carbons (Fsp3) is 0.571. The molecule has 0 aliphatic carbocycles. The maximum absolute atomic E-state index is 9.31. The van der Waals surface area contributed by atoms with E-state index in [9.17, 15) is 5.11 Å². The Labute approximate surface area is 118 Å². The summed E-state index contributed by atoms with van der Waals surface area (Å²) in [7, 11) is 2.02. The first kappa shape index (κ1) is 15.6. The van der Waals surface area contributed by atoms with Gasteiger partial charge in [-0.2, -0.15) is 0 Å². The maximum atomic E-state index is 9.31. The van der Waals surface area contributed by atoms with Gasteiger partial charge in [-0.3, -0.25) is 4.90 Å². The lowest BCUT2D eigenvalue weighted by Crippen LogP contribution is -2.44. The molecule has 0 aromatic heterocycles. The van der Waals surface area contributed by atoms with E-state index in [1.165, 1.54) is 5.56 Å². The molecule has 0 spiro atoms. The lowest BCUT2D eigenvalue weighted by molar-refractivity contribution is 0.105. The minimum absolute atomic E-state index is 0.0603. The quantitative estimate of drug-likeness (QED) is 0.848. The molecule has 0 amide bonds. The molecular weight excluding hydrogens is 292 g/mol. The normalized spacial score (nSPS) is 16.6. The van der Waals surface area contributed by atoms with Gasteiger partial charge in [0.15, 0.2) is 0 Å². The fourth-order valence-corrected chi connectivity index (χ4v) is 2.33. The average molecular weight is 315 g/mol. The zero-order chi connectivity index (χ0) is 13.7. The van der Waals surface area contributed by atoms with Crippen LogP contribution in [0.5, 0.6) is 0 Å². The van der Waals surface area contributed by atoms with Crippen molar-refractivity contribution in [3.63, 3.8) is 0 Å². The van der Waals surface area contributed by atoms with Gasteiger partial charge >= 0.3 is 0 Å². The second-order valence-corrected chi connectivity index (χ2v) is 5.68. The summed E-state index contributed by atoms with van der Waals surface area (Å²) in [5.74, 6) is 0. The van der Waals surface area contributed by atoms with Crippen molar-refractivity contribution >= 4 is 15.9 Å². The molecule has 0 saturated carbocycles. The molecule has 0 aliphatic rings. The number of rotatable bonds is 6. The minimum atomic E-state index is 0.0603. The van der Waals surface area contributed by atoms with Gasteiger partial charge in [0, 0.05) is 22.6 Å². The number of halogens is 1. The van der Waals surface area contributed by atoms with E-state index in [1.54, 1.807) is 0 Å². The van der Waals surface area contributed by atoms with Crippen LogP contribution < -0.4 is 5.73 Å². The molecule has 102 valence electrons. The standard InChI is InChI=1S/C14H23BrN2O/c1-4-13(16)14(17(3)10(2)9-18)11-5-7-12(15)8-6-11/h5-8,10,13-14,18H,4,9,16H2,1-3H3. The van der Waals surface area contributed by atoms with Gasteiger partial charge in [0.1, 0.15) is 0 Å². The topological polar surface area (TPSA) is 49.5 Å². The van der Waals surface area contributed by atoms with Crippen LogP contribution in [0.25, 0.3) is 0 Å². The summed E-state index contributed by atoms with van der Waals surface area (Å²) in [6.07, 6.45) is 0.906. The van der Waals surface area contributed by atoms with E-state index in [4.69, 9.17) is 5.73 Å². The molecule has 1 aromatic rings. The third-order valence-electron chi connectivity index (χ3n) is 3.49. The summed E-state index contributed by atoms with van der Waals surface area (Å²) in [4.78, 5) is 2.15. The average Bonchev–Trinajstić information content (AvgIpc) is 2.39. The minimum Gasteiger partial charge on any atom is -0.395 e. The third-order valence-corrected chi connectivity index (χ3v) is 4.02. The highest BCUT2D eigenvalue weighted by Crippen LogP contribution is 2.26. The van der Waals surface area contributed by atoms with E-state index in [0.717, 1.165) is 10.9 Å². The molecule has 1 aromatic carbocycles. The molecule has 0 radical (unpaired) electrons. The smallest absolute Gasteiger partial charge is 0.0584 e. The number of nitrogens with two attached hydrogens (primary N) is 1. The van der Waals surface area contributed by atoms with Gasteiger partial charge < -0.3 is 10.8 Å². The van der Waals surface area contributed by atoms with Crippen LogP contribution in [0.1, 0.15) is 31.9 Å². The first-order chi connectivity index (χ1) is 8.51. The zero-order valence-electron chi connectivity index (χ0n) is 11.3. The zero-order valence-corrected chi connectivity index (χ0v) is 12.9.